The first-order valence-corrected chi connectivity index (χ1v) is 7.73. The van der Waals surface area contributed by atoms with Crippen LogP contribution in [0.4, 0.5) is 0 Å². The number of nitrogens with zero attached hydrogens (tertiary/aromatic N) is 1. The molecule has 0 spiro atoms. The maximum atomic E-state index is 12.5. The largest absolute Gasteiger partial charge is 0.346 e. The van der Waals surface area contributed by atoms with Crippen LogP contribution < -0.4 is 5.32 Å². The van der Waals surface area contributed by atoms with Gasteiger partial charge in [-0.25, -0.2) is 0 Å². The van der Waals surface area contributed by atoms with Crippen LogP contribution in [0.15, 0.2) is 42.5 Å². The molecule has 3 rings (SSSR count). The number of benzene rings is 2. The fraction of sp³-hybridized carbons (Fsp3) is 0.211. The summed E-state index contributed by atoms with van der Waals surface area (Å²) < 4.78 is 0. The molecule has 0 radical (unpaired) electrons. The van der Waals surface area contributed by atoms with Gasteiger partial charge in [0.1, 0.15) is 0 Å². The molecule has 24 heavy (non-hydrogen) atoms. The molecule has 1 heterocycles. The molecule has 5 heteroatoms. The van der Waals surface area contributed by atoms with Crippen LogP contribution in [0.1, 0.15) is 55.2 Å². The lowest BCUT2D eigenvalue weighted by Crippen LogP contribution is -2.27. The lowest BCUT2D eigenvalue weighted by molar-refractivity contribution is 0.0693. The molecular weight excluding hydrogens is 304 g/mol. The number of carbonyl (C=O) groups excluding carboxylic acids is 3. The number of amides is 3. The predicted octanol–water partition coefficient (Wildman–Crippen LogP) is 2.71. The second kappa shape index (κ2) is 5.92. The molecule has 0 saturated heterocycles. The fourth-order valence-electron chi connectivity index (χ4n) is 2.93. The maximum Gasteiger partial charge on any atom is 0.261 e. The number of fused-ring (bicyclic) bond motifs is 1. The van der Waals surface area contributed by atoms with Gasteiger partial charge in [0.25, 0.3) is 17.7 Å². The third-order valence-corrected chi connectivity index (χ3v) is 4.35. The number of hydrogen-bond acceptors (Lipinski definition) is 3. The Morgan fingerprint density at radius 2 is 1.71 bits per heavy atom. The van der Waals surface area contributed by atoms with Gasteiger partial charge in [0.15, 0.2) is 0 Å². The molecule has 1 unspecified atom stereocenters. The summed E-state index contributed by atoms with van der Waals surface area (Å²) in [4.78, 5) is 37.5. The van der Waals surface area contributed by atoms with Gasteiger partial charge in [-0.3, -0.25) is 19.3 Å². The van der Waals surface area contributed by atoms with E-state index in [1.54, 1.807) is 6.07 Å². The first kappa shape index (κ1) is 15.9. The van der Waals surface area contributed by atoms with Crippen molar-refractivity contribution in [3.63, 3.8) is 0 Å². The highest BCUT2D eigenvalue weighted by Crippen LogP contribution is 2.23. The molecule has 0 fully saturated rings. The Kier molecular flexibility index (Phi) is 3.93. The second-order valence-corrected chi connectivity index (χ2v) is 5.98. The van der Waals surface area contributed by atoms with Crippen LogP contribution in [0.5, 0.6) is 0 Å². The standard InChI is InChI=1S/C19H18N2O3/c1-11-6-4-5-7-14(11)12(2)20-17(22)13-8-9-15-16(10-13)19(24)21(3)18(15)23/h4-10,12H,1-3H3,(H,20,22). The average Bonchev–Trinajstić information content (AvgIpc) is 2.79. The quantitative estimate of drug-likeness (QED) is 0.884. The van der Waals surface area contributed by atoms with E-state index in [-0.39, 0.29) is 29.3 Å². The summed E-state index contributed by atoms with van der Waals surface area (Å²) in [5, 5.41) is 2.93. The van der Waals surface area contributed by atoms with Gasteiger partial charge in [-0.05, 0) is 43.2 Å². The Bertz CT molecular complexity index is 857. The van der Waals surface area contributed by atoms with Crippen molar-refractivity contribution >= 4 is 17.7 Å². The highest BCUT2D eigenvalue weighted by Gasteiger charge is 2.33. The number of imide groups is 1. The van der Waals surface area contributed by atoms with E-state index in [1.165, 1.54) is 19.2 Å². The van der Waals surface area contributed by atoms with Crippen molar-refractivity contribution in [2.75, 3.05) is 7.05 Å². The van der Waals surface area contributed by atoms with E-state index in [1.807, 2.05) is 38.1 Å². The summed E-state index contributed by atoms with van der Waals surface area (Å²) in [7, 11) is 1.44. The minimum absolute atomic E-state index is 0.160. The van der Waals surface area contributed by atoms with Crippen LogP contribution in [0.3, 0.4) is 0 Å². The van der Waals surface area contributed by atoms with E-state index in [2.05, 4.69) is 5.32 Å². The molecule has 0 aliphatic carbocycles. The fourth-order valence-corrected chi connectivity index (χ4v) is 2.93. The van der Waals surface area contributed by atoms with E-state index < -0.39 is 0 Å². The van der Waals surface area contributed by atoms with Crippen molar-refractivity contribution in [1.29, 1.82) is 0 Å². The monoisotopic (exact) mass is 322 g/mol. The second-order valence-electron chi connectivity index (χ2n) is 5.98. The highest BCUT2D eigenvalue weighted by atomic mass is 16.2. The SMILES string of the molecule is Cc1ccccc1C(C)NC(=O)c1ccc2c(c1)C(=O)N(C)C2=O. The summed E-state index contributed by atoms with van der Waals surface area (Å²) in [5.74, 6) is -0.991. The van der Waals surface area contributed by atoms with Crippen molar-refractivity contribution in [2.45, 2.75) is 19.9 Å². The van der Waals surface area contributed by atoms with Crippen molar-refractivity contribution < 1.29 is 14.4 Å². The normalized spacial score (nSPS) is 14.5. The maximum absolute atomic E-state index is 12.5. The van der Waals surface area contributed by atoms with Gasteiger partial charge < -0.3 is 5.32 Å². The van der Waals surface area contributed by atoms with Crippen LogP contribution in [0, 0.1) is 6.92 Å². The zero-order valence-electron chi connectivity index (χ0n) is 13.8. The molecule has 1 atom stereocenters. The third-order valence-electron chi connectivity index (χ3n) is 4.35. The summed E-state index contributed by atoms with van der Waals surface area (Å²) in [6, 6.07) is 12.3. The highest BCUT2D eigenvalue weighted by molar-refractivity contribution is 6.21. The molecule has 1 N–H and O–H groups in total. The lowest BCUT2D eigenvalue weighted by atomic mass is 10.0. The summed E-state index contributed by atoms with van der Waals surface area (Å²) in [6.07, 6.45) is 0. The van der Waals surface area contributed by atoms with Gasteiger partial charge in [-0.1, -0.05) is 24.3 Å². The number of rotatable bonds is 3. The minimum atomic E-state index is -0.378. The van der Waals surface area contributed by atoms with E-state index in [9.17, 15) is 14.4 Å². The number of carbonyl (C=O) groups is 3. The Hall–Kier alpha value is -2.95. The molecule has 2 aromatic carbocycles. The van der Waals surface area contributed by atoms with E-state index >= 15 is 0 Å². The van der Waals surface area contributed by atoms with Crippen LogP contribution >= 0.6 is 0 Å². The van der Waals surface area contributed by atoms with E-state index in [4.69, 9.17) is 0 Å². The van der Waals surface area contributed by atoms with Gasteiger partial charge in [-0.15, -0.1) is 0 Å². The van der Waals surface area contributed by atoms with Gasteiger partial charge in [0.2, 0.25) is 0 Å². The first-order chi connectivity index (χ1) is 11.4. The topological polar surface area (TPSA) is 66.5 Å². The zero-order chi connectivity index (χ0) is 17.4. The average molecular weight is 322 g/mol. The van der Waals surface area contributed by atoms with Crippen molar-refractivity contribution in [2.24, 2.45) is 0 Å². The number of nitrogens with one attached hydrogen (secondary N) is 1. The summed E-state index contributed by atoms with van der Waals surface area (Å²) >= 11 is 0. The Labute approximate surface area is 140 Å². The molecule has 0 bridgehead atoms. The molecular formula is C19H18N2O3. The lowest BCUT2D eigenvalue weighted by Gasteiger charge is -2.16. The van der Waals surface area contributed by atoms with Crippen molar-refractivity contribution in [3.05, 3.63) is 70.3 Å². The molecule has 3 amide bonds. The zero-order valence-corrected chi connectivity index (χ0v) is 13.8. The van der Waals surface area contributed by atoms with E-state index in [0.29, 0.717) is 11.1 Å². The number of hydrogen-bond donors (Lipinski definition) is 1. The third kappa shape index (κ3) is 2.58. The van der Waals surface area contributed by atoms with Gasteiger partial charge in [-0.2, -0.15) is 0 Å². The molecule has 0 aromatic heterocycles. The van der Waals surface area contributed by atoms with Crippen LogP contribution in [-0.2, 0) is 0 Å². The van der Waals surface area contributed by atoms with Crippen LogP contribution in [0.2, 0.25) is 0 Å². The molecule has 2 aromatic rings. The Morgan fingerprint density at radius 1 is 1.04 bits per heavy atom. The number of aryl methyl sites for hydroxylation is 1. The first-order valence-electron chi connectivity index (χ1n) is 7.73. The predicted molar refractivity (Wildman–Crippen MR) is 89.9 cm³/mol. The van der Waals surface area contributed by atoms with Gasteiger partial charge in [0.05, 0.1) is 17.2 Å². The van der Waals surface area contributed by atoms with Crippen molar-refractivity contribution in [3.8, 4) is 0 Å². The van der Waals surface area contributed by atoms with E-state index in [0.717, 1.165) is 16.0 Å². The molecule has 1 aliphatic heterocycles. The summed E-state index contributed by atoms with van der Waals surface area (Å²) in [5.41, 5.74) is 3.12. The molecule has 0 saturated carbocycles. The Balaban J connectivity index is 1.83. The molecule has 5 nitrogen and oxygen atoms in total. The van der Waals surface area contributed by atoms with Crippen LogP contribution in [-0.4, -0.2) is 29.7 Å². The molecule has 1 aliphatic rings. The minimum Gasteiger partial charge on any atom is -0.346 e. The van der Waals surface area contributed by atoms with Gasteiger partial charge in [0, 0.05) is 12.6 Å². The Morgan fingerprint density at radius 3 is 2.42 bits per heavy atom. The smallest absolute Gasteiger partial charge is 0.261 e. The van der Waals surface area contributed by atoms with Crippen molar-refractivity contribution in [1.82, 2.24) is 10.2 Å². The summed E-state index contributed by atoms with van der Waals surface area (Å²) in [6.45, 7) is 3.91. The van der Waals surface area contributed by atoms with Gasteiger partial charge >= 0.3 is 0 Å². The molecule has 122 valence electrons. The van der Waals surface area contributed by atoms with Crippen LogP contribution in [0.25, 0.3) is 0 Å².